The van der Waals surface area contributed by atoms with Gasteiger partial charge in [0.1, 0.15) is 12.7 Å². The minimum absolute atomic E-state index is 0.0859. The predicted molar refractivity (Wildman–Crippen MR) is 61.7 cm³/mol. The highest BCUT2D eigenvalue weighted by atomic mass is 16.6. The quantitative estimate of drug-likeness (QED) is 0.421. The number of nitrogens with one attached hydrogen (secondary N) is 1. The van der Waals surface area contributed by atoms with E-state index in [-0.39, 0.29) is 12.2 Å². The van der Waals surface area contributed by atoms with E-state index in [1.54, 1.807) is 6.92 Å². The lowest BCUT2D eigenvalue weighted by Crippen LogP contribution is -2.27. The molecule has 0 rings (SSSR count). The summed E-state index contributed by atoms with van der Waals surface area (Å²) < 4.78 is 14.1. The van der Waals surface area contributed by atoms with E-state index in [1.807, 2.05) is 0 Å². The summed E-state index contributed by atoms with van der Waals surface area (Å²) in [6.45, 7) is 5.87. The van der Waals surface area contributed by atoms with Crippen molar-refractivity contribution in [2.75, 3.05) is 20.3 Å². The summed E-state index contributed by atoms with van der Waals surface area (Å²) in [4.78, 5) is 32.9. The van der Waals surface area contributed by atoms with Gasteiger partial charge < -0.3 is 19.5 Å². The molecule has 0 saturated carbocycles. The molecule has 102 valence electrons. The van der Waals surface area contributed by atoms with E-state index < -0.39 is 30.7 Å². The maximum absolute atomic E-state index is 11.2. The fourth-order valence-electron chi connectivity index (χ4n) is 0.805. The Morgan fingerprint density at radius 3 is 2.39 bits per heavy atom. The van der Waals surface area contributed by atoms with Crippen LogP contribution >= 0.6 is 0 Å². The number of esters is 2. The molecule has 0 aliphatic carbocycles. The first-order valence-corrected chi connectivity index (χ1v) is 5.23. The van der Waals surface area contributed by atoms with E-state index >= 15 is 0 Å². The highest BCUT2D eigenvalue weighted by Crippen LogP contribution is 1.98. The Morgan fingerprint density at radius 2 is 1.89 bits per heavy atom. The molecule has 0 aromatic rings. The Morgan fingerprint density at radius 1 is 1.28 bits per heavy atom. The molecule has 0 aliphatic heterocycles. The van der Waals surface area contributed by atoms with Crippen LogP contribution in [-0.2, 0) is 23.8 Å². The van der Waals surface area contributed by atoms with Gasteiger partial charge in [0.05, 0.1) is 0 Å². The third kappa shape index (κ3) is 7.26. The lowest BCUT2D eigenvalue weighted by atomic mass is 10.3. The van der Waals surface area contributed by atoms with Crippen molar-refractivity contribution in [2.24, 2.45) is 0 Å². The van der Waals surface area contributed by atoms with Crippen LogP contribution < -0.4 is 5.32 Å². The molecule has 18 heavy (non-hydrogen) atoms. The molecule has 0 spiro atoms. The summed E-state index contributed by atoms with van der Waals surface area (Å²) in [6, 6.07) is 0. The van der Waals surface area contributed by atoms with Gasteiger partial charge in [0.25, 0.3) is 0 Å². The van der Waals surface area contributed by atoms with Gasteiger partial charge in [0.2, 0.25) is 0 Å². The minimum Gasteiger partial charge on any atom is -0.458 e. The molecule has 0 saturated heterocycles. The van der Waals surface area contributed by atoms with Gasteiger partial charge in [-0.25, -0.2) is 14.4 Å². The largest absolute Gasteiger partial charge is 0.458 e. The van der Waals surface area contributed by atoms with Gasteiger partial charge in [-0.05, 0) is 13.8 Å². The van der Waals surface area contributed by atoms with Gasteiger partial charge in [-0.2, -0.15) is 0 Å². The summed E-state index contributed by atoms with van der Waals surface area (Å²) in [5, 5.41) is 2.18. The zero-order valence-electron chi connectivity index (χ0n) is 10.6. The summed E-state index contributed by atoms with van der Waals surface area (Å²) in [5.41, 5.74) is 0.261. The molecule has 0 radical (unpaired) electrons. The zero-order chi connectivity index (χ0) is 14.1. The Labute approximate surface area is 105 Å². The van der Waals surface area contributed by atoms with Crippen molar-refractivity contribution in [2.45, 2.75) is 20.0 Å². The van der Waals surface area contributed by atoms with Crippen LogP contribution in [0.4, 0.5) is 4.79 Å². The second-order valence-corrected chi connectivity index (χ2v) is 3.51. The Kier molecular flexibility index (Phi) is 7.18. The average Bonchev–Trinajstić information content (AvgIpc) is 2.32. The molecule has 1 unspecified atom stereocenters. The third-order valence-electron chi connectivity index (χ3n) is 1.66. The number of carbonyl (C=O) groups is 3. The van der Waals surface area contributed by atoms with Crippen molar-refractivity contribution in [3.63, 3.8) is 0 Å². The van der Waals surface area contributed by atoms with Gasteiger partial charge in [-0.1, -0.05) is 6.58 Å². The van der Waals surface area contributed by atoms with Crippen molar-refractivity contribution in [1.29, 1.82) is 0 Å². The molecule has 1 atom stereocenters. The highest BCUT2D eigenvalue weighted by molar-refractivity contribution is 5.86. The Bertz CT molecular complexity index is 338. The minimum atomic E-state index is -0.728. The summed E-state index contributed by atoms with van der Waals surface area (Å²) in [7, 11) is 1.37. The first-order valence-electron chi connectivity index (χ1n) is 5.23. The van der Waals surface area contributed by atoms with Crippen molar-refractivity contribution in [1.82, 2.24) is 5.32 Å². The fraction of sp³-hybridized carbons (Fsp3) is 0.545. The number of alkyl carbamates (subject to hydrolysis) is 1. The summed E-state index contributed by atoms with van der Waals surface area (Å²) in [5.74, 6) is -1.28. The lowest BCUT2D eigenvalue weighted by Gasteiger charge is -2.13. The number of amides is 1. The lowest BCUT2D eigenvalue weighted by molar-refractivity contribution is -0.158. The summed E-state index contributed by atoms with van der Waals surface area (Å²) >= 11 is 0. The van der Waals surface area contributed by atoms with Gasteiger partial charge in [-0.3, -0.25) is 0 Å². The molecule has 1 N–H and O–H groups in total. The van der Waals surface area contributed by atoms with Crippen molar-refractivity contribution in [3.05, 3.63) is 12.2 Å². The van der Waals surface area contributed by atoms with Gasteiger partial charge >= 0.3 is 18.0 Å². The first-order chi connectivity index (χ1) is 8.36. The van der Waals surface area contributed by atoms with Crippen LogP contribution in [0.2, 0.25) is 0 Å². The number of rotatable bonds is 6. The van der Waals surface area contributed by atoms with Crippen LogP contribution in [0, 0.1) is 0 Å². The highest BCUT2D eigenvalue weighted by Gasteiger charge is 2.13. The van der Waals surface area contributed by atoms with E-state index in [0.29, 0.717) is 0 Å². The molecule has 7 nitrogen and oxygen atoms in total. The van der Waals surface area contributed by atoms with Crippen molar-refractivity contribution >= 4 is 18.0 Å². The van der Waals surface area contributed by atoms with Crippen LogP contribution in [0.15, 0.2) is 12.2 Å². The maximum atomic E-state index is 11.2. The second-order valence-electron chi connectivity index (χ2n) is 3.51. The normalized spacial score (nSPS) is 11.1. The molecule has 0 fully saturated rings. The Hall–Kier alpha value is -2.05. The monoisotopic (exact) mass is 259 g/mol. The molecule has 0 aromatic heterocycles. The van der Waals surface area contributed by atoms with E-state index in [0.717, 1.165) is 0 Å². The van der Waals surface area contributed by atoms with Crippen molar-refractivity contribution in [3.8, 4) is 0 Å². The van der Waals surface area contributed by atoms with Gasteiger partial charge in [-0.15, -0.1) is 0 Å². The standard InChI is InChI=1S/C11H17NO6/c1-7(2)10(14)16-5-8(3)18-9(13)6-17-11(15)12-4/h8H,1,5-6H2,2-4H3,(H,12,15). The molecule has 0 aromatic carbocycles. The van der Waals surface area contributed by atoms with E-state index in [4.69, 9.17) is 9.47 Å². The molecule has 0 aliphatic rings. The number of ether oxygens (including phenoxy) is 3. The van der Waals surface area contributed by atoms with E-state index in [9.17, 15) is 14.4 Å². The van der Waals surface area contributed by atoms with E-state index in [2.05, 4.69) is 16.6 Å². The number of hydrogen-bond acceptors (Lipinski definition) is 6. The fourth-order valence-corrected chi connectivity index (χ4v) is 0.805. The third-order valence-corrected chi connectivity index (χ3v) is 1.66. The van der Waals surface area contributed by atoms with Gasteiger partial charge in [0.15, 0.2) is 6.61 Å². The first kappa shape index (κ1) is 16.0. The zero-order valence-corrected chi connectivity index (χ0v) is 10.6. The molecule has 0 heterocycles. The topological polar surface area (TPSA) is 90.9 Å². The van der Waals surface area contributed by atoms with Crippen LogP contribution in [0.5, 0.6) is 0 Å². The summed E-state index contributed by atoms with van der Waals surface area (Å²) in [6.07, 6.45) is -1.36. The van der Waals surface area contributed by atoms with Crippen LogP contribution in [0.3, 0.4) is 0 Å². The molecule has 0 bridgehead atoms. The number of hydrogen-bond donors (Lipinski definition) is 1. The van der Waals surface area contributed by atoms with Crippen molar-refractivity contribution < 1.29 is 28.6 Å². The Balaban J connectivity index is 3.83. The van der Waals surface area contributed by atoms with E-state index in [1.165, 1.54) is 14.0 Å². The smallest absolute Gasteiger partial charge is 0.407 e. The van der Waals surface area contributed by atoms with Crippen LogP contribution in [0.25, 0.3) is 0 Å². The number of carbonyl (C=O) groups excluding carboxylic acids is 3. The van der Waals surface area contributed by atoms with Crippen LogP contribution in [0.1, 0.15) is 13.8 Å². The second kappa shape index (κ2) is 8.10. The molecule has 7 heteroatoms. The predicted octanol–water partition coefficient (Wildman–Crippen LogP) is 0.393. The molecular formula is C11H17NO6. The SMILES string of the molecule is C=C(C)C(=O)OCC(C)OC(=O)COC(=O)NC. The van der Waals surface area contributed by atoms with Gasteiger partial charge in [0, 0.05) is 12.6 Å². The average molecular weight is 259 g/mol. The molecule has 1 amide bonds. The molecular weight excluding hydrogens is 242 g/mol. The maximum Gasteiger partial charge on any atom is 0.407 e. The van der Waals surface area contributed by atoms with Crippen LogP contribution in [-0.4, -0.2) is 44.4 Å².